The molecule has 120 valence electrons. The zero-order chi connectivity index (χ0) is 16.3. The standard InChI is InChI=1S/C17H24N2O2S/c1-5-12(2)18-15(20)11-19-13-8-6-7-9-14(13)22-17(3,4)10-16(19)21/h6-9,12H,5,10-11H2,1-4H3,(H,18,20). The summed E-state index contributed by atoms with van der Waals surface area (Å²) in [6.07, 6.45) is 1.29. The van der Waals surface area contributed by atoms with Crippen molar-refractivity contribution in [3.63, 3.8) is 0 Å². The maximum absolute atomic E-state index is 12.6. The monoisotopic (exact) mass is 320 g/mol. The van der Waals surface area contributed by atoms with Gasteiger partial charge in [0.25, 0.3) is 0 Å². The Kier molecular flexibility index (Phi) is 5.16. The van der Waals surface area contributed by atoms with Gasteiger partial charge in [-0.15, -0.1) is 11.8 Å². The van der Waals surface area contributed by atoms with E-state index in [2.05, 4.69) is 19.2 Å². The summed E-state index contributed by atoms with van der Waals surface area (Å²) < 4.78 is -0.172. The van der Waals surface area contributed by atoms with E-state index in [4.69, 9.17) is 0 Å². The van der Waals surface area contributed by atoms with E-state index in [9.17, 15) is 9.59 Å². The summed E-state index contributed by atoms with van der Waals surface area (Å²) in [5, 5.41) is 2.93. The summed E-state index contributed by atoms with van der Waals surface area (Å²) in [7, 11) is 0. The van der Waals surface area contributed by atoms with E-state index in [1.54, 1.807) is 16.7 Å². The summed E-state index contributed by atoms with van der Waals surface area (Å²) in [5.41, 5.74) is 0.836. The average molecular weight is 320 g/mol. The summed E-state index contributed by atoms with van der Waals surface area (Å²) >= 11 is 1.69. The van der Waals surface area contributed by atoms with Crippen molar-refractivity contribution in [2.24, 2.45) is 0 Å². The number of nitrogens with zero attached hydrogens (tertiary/aromatic N) is 1. The molecule has 22 heavy (non-hydrogen) atoms. The number of fused-ring (bicyclic) bond motifs is 1. The molecule has 0 saturated carbocycles. The van der Waals surface area contributed by atoms with Gasteiger partial charge >= 0.3 is 0 Å². The molecule has 0 aliphatic carbocycles. The van der Waals surface area contributed by atoms with Crippen molar-refractivity contribution in [1.82, 2.24) is 5.32 Å². The largest absolute Gasteiger partial charge is 0.352 e. The van der Waals surface area contributed by atoms with Crippen LogP contribution in [0, 0.1) is 0 Å². The number of thioether (sulfide) groups is 1. The molecule has 0 spiro atoms. The molecule has 1 N–H and O–H groups in total. The van der Waals surface area contributed by atoms with Gasteiger partial charge in [-0.05, 0) is 39.3 Å². The van der Waals surface area contributed by atoms with Gasteiger partial charge in [0.2, 0.25) is 11.8 Å². The first-order valence-corrected chi connectivity index (χ1v) is 8.52. The first kappa shape index (κ1) is 16.9. The third kappa shape index (κ3) is 4.03. The highest BCUT2D eigenvalue weighted by Crippen LogP contribution is 2.43. The highest BCUT2D eigenvalue weighted by Gasteiger charge is 2.33. The maximum atomic E-state index is 12.6. The third-order valence-electron chi connectivity index (χ3n) is 3.74. The molecule has 0 aromatic heterocycles. The number of rotatable bonds is 4. The fraction of sp³-hybridized carbons (Fsp3) is 0.529. The predicted octanol–water partition coefficient (Wildman–Crippen LogP) is 3.21. The molecule has 0 bridgehead atoms. The van der Waals surface area contributed by atoms with Crippen LogP contribution in [0.15, 0.2) is 29.2 Å². The smallest absolute Gasteiger partial charge is 0.240 e. The summed E-state index contributed by atoms with van der Waals surface area (Å²) in [5.74, 6) is -0.107. The molecular formula is C17H24N2O2S. The van der Waals surface area contributed by atoms with Crippen molar-refractivity contribution < 1.29 is 9.59 Å². The van der Waals surface area contributed by atoms with E-state index < -0.39 is 0 Å². The van der Waals surface area contributed by atoms with Gasteiger partial charge in [-0.3, -0.25) is 9.59 Å². The lowest BCUT2D eigenvalue weighted by atomic mass is 10.1. The Hall–Kier alpha value is -1.49. The summed E-state index contributed by atoms with van der Waals surface area (Å²) in [6.45, 7) is 8.20. The second-order valence-corrected chi connectivity index (χ2v) is 8.11. The third-order valence-corrected chi connectivity index (χ3v) is 5.00. The van der Waals surface area contributed by atoms with Crippen LogP contribution in [-0.4, -0.2) is 29.1 Å². The first-order valence-electron chi connectivity index (χ1n) is 7.70. The Morgan fingerprint density at radius 2 is 2.09 bits per heavy atom. The van der Waals surface area contributed by atoms with Crippen LogP contribution in [0.5, 0.6) is 0 Å². The van der Waals surface area contributed by atoms with Gasteiger partial charge < -0.3 is 10.2 Å². The van der Waals surface area contributed by atoms with Crippen LogP contribution >= 0.6 is 11.8 Å². The quantitative estimate of drug-likeness (QED) is 0.927. The first-order chi connectivity index (χ1) is 10.3. The molecule has 4 nitrogen and oxygen atoms in total. The lowest BCUT2D eigenvalue weighted by Crippen LogP contribution is -2.44. The average Bonchev–Trinajstić information content (AvgIpc) is 2.52. The Morgan fingerprint density at radius 3 is 2.77 bits per heavy atom. The fourth-order valence-electron chi connectivity index (χ4n) is 2.43. The van der Waals surface area contributed by atoms with E-state index in [-0.39, 0.29) is 29.1 Å². The number of amides is 2. The highest BCUT2D eigenvalue weighted by atomic mass is 32.2. The van der Waals surface area contributed by atoms with E-state index >= 15 is 0 Å². The molecule has 0 radical (unpaired) electrons. The lowest BCUT2D eigenvalue weighted by Gasteiger charge is -2.23. The van der Waals surface area contributed by atoms with Crippen LogP contribution in [0.3, 0.4) is 0 Å². The lowest BCUT2D eigenvalue weighted by molar-refractivity contribution is -0.124. The van der Waals surface area contributed by atoms with E-state index in [0.717, 1.165) is 17.0 Å². The molecule has 1 aliphatic rings. The number of carbonyl (C=O) groups is 2. The van der Waals surface area contributed by atoms with E-state index in [1.165, 1.54) is 0 Å². The second kappa shape index (κ2) is 6.73. The predicted molar refractivity (Wildman–Crippen MR) is 91.2 cm³/mol. The molecule has 2 rings (SSSR count). The second-order valence-electron chi connectivity index (χ2n) is 6.36. The minimum absolute atomic E-state index is 0.00162. The van der Waals surface area contributed by atoms with E-state index in [0.29, 0.717) is 6.42 Å². The minimum atomic E-state index is -0.172. The summed E-state index contributed by atoms with van der Waals surface area (Å²) in [6, 6.07) is 7.92. The molecule has 1 atom stereocenters. The Bertz CT molecular complexity index is 572. The van der Waals surface area contributed by atoms with Crippen molar-refractivity contribution in [3.8, 4) is 0 Å². The van der Waals surface area contributed by atoms with Crippen LogP contribution in [0.1, 0.15) is 40.5 Å². The molecule has 0 fully saturated rings. The SMILES string of the molecule is CCC(C)NC(=O)CN1C(=O)CC(C)(C)Sc2ccccc21. The zero-order valence-electron chi connectivity index (χ0n) is 13.7. The Morgan fingerprint density at radius 1 is 1.41 bits per heavy atom. The van der Waals surface area contributed by atoms with Crippen molar-refractivity contribution in [2.75, 3.05) is 11.4 Å². The molecule has 1 unspecified atom stereocenters. The van der Waals surface area contributed by atoms with Crippen molar-refractivity contribution in [3.05, 3.63) is 24.3 Å². The number of nitrogens with one attached hydrogen (secondary N) is 1. The van der Waals surface area contributed by atoms with Crippen LogP contribution in [0.2, 0.25) is 0 Å². The van der Waals surface area contributed by atoms with Crippen molar-refractivity contribution in [2.45, 2.75) is 56.2 Å². The molecular weight excluding hydrogens is 296 g/mol. The topological polar surface area (TPSA) is 49.4 Å². The van der Waals surface area contributed by atoms with Gasteiger partial charge in [0.1, 0.15) is 6.54 Å². The number of anilines is 1. The van der Waals surface area contributed by atoms with Gasteiger partial charge in [0.15, 0.2) is 0 Å². The number of hydrogen-bond acceptors (Lipinski definition) is 3. The molecule has 1 aromatic carbocycles. The van der Waals surface area contributed by atoms with Gasteiger partial charge in [0, 0.05) is 22.1 Å². The van der Waals surface area contributed by atoms with Crippen LogP contribution in [0.25, 0.3) is 0 Å². The van der Waals surface area contributed by atoms with Crippen LogP contribution in [-0.2, 0) is 9.59 Å². The maximum Gasteiger partial charge on any atom is 0.240 e. The van der Waals surface area contributed by atoms with Gasteiger partial charge in [-0.2, -0.15) is 0 Å². The molecule has 2 amide bonds. The zero-order valence-corrected chi connectivity index (χ0v) is 14.5. The van der Waals surface area contributed by atoms with Crippen molar-refractivity contribution >= 4 is 29.3 Å². The minimum Gasteiger partial charge on any atom is -0.352 e. The van der Waals surface area contributed by atoms with Gasteiger partial charge in [0.05, 0.1) is 5.69 Å². The number of hydrogen-bond donors (Lipinski definition) is 1. The summed E-state index contributed by atoms with van der Waals surface area (Å²) in [4.78, 5) is 27.5. The highest BCUT2D eigenvalue weighted by molar-refractivity contribution is 8.00. The molecule has 1 heterocycles. The molecule has 0 saturated heterocycles. The number of benzene rings is 1. The number of para-hydroxylation sites is 1. The fourth-order valence-corrected chi connectivity index (χ4v) is 3.65. The van der Waals surface area contributed by atoms with Gasteiger partial charge in [-0.1, -0.05) is 19.1 Å². The Labute approximate surface area is 136 Å². The molecule has 5 heteroatoms. The van der Waals surface area contributed by atoms with Crippen molar-refractivity contribution in [1.29, 1.82) is 0 Å². The van der Waals surface area contributed by atoms with E-state index in [1.807, 2.05) is 38.1 Å². The normalized spacial score (nSPS) is 18.4. The molecule has 1 aromatic rings. The molecule has 1 aliphatic heterocycles. The van der Waals surface area contributed by atoms with Gasteiger partial charge in [-0.25, -0.2) is 0 Å². The van der Waals surface area contributed by atoms with Crippen LogP contribution in [0.4, 0.5) is 5.69 Å². The van der Waals surface area contributed by atoms with Crippen LogP contribution < -0.4 is 10.2 Å². The number of carbonyl (C=O) groups excluding carboxylic acids is 2. The Balaban J connectivity index is 2.26.